The Kier molecular flexibility index (Phi) is 3.58. The molecule has 2 rings (SSSR count). The Bertz CT molecular complexity index is 658. The highest BCUT2D eigenvalue weighted by Gasteiger charge is 2.66. The molecular weight excluding hydrogens is 290 g/mol. The number of ether oxygens (including phenoxy) is 1. The Hall–Kier alpha value is -2.23. The summed E-state index contributed by atoms with van der Waals surface area (Å²) in [5.74, 6) is -4.00. The number of nitrogens with two attached hydrogens (primary N) is 1. The molecular formula is C10H12F2N6O3. The average Bonchev–Trinajstić information content (AvgIpc) is 2.61. The second-order valence-electron chi connectivity index (χ2n) is 4.48. The lowest BCUT2D eigenvalue weighted by molar-refractivity contribution is -0.142. The zero-order valence-electron chi connectivity index (χ0n) is 10.8. The summed E-state index contributed by atoms with van der Waals surface area (Å²) in [6.45, 7) is 1.40. The van der Waals surface area contributed by atoms with Gasteiger partial charge in [-0.3, -0.25) is 4.57 Å². The number of nitrogens with zero attached hydrogens (tertiary/aromatic N) is 5. The first-order valence-electron chi connectivity index (χ1n) is 5.93. The summed E-state index contributed by atoms with van der Waals surface area (Å²) in [4.78, 5) is 17.4. The number of hydrogen-bond acceptors (Lipinski definition) is 6. The van der Waals surface area contributed by atoms with E-state index in [0.717, 1.165) is 12.3 Å². The van der Waals surface area contributed by atoms with Gasteiger partial charge in [-0.1, -0.05) is 12.0 Å². The third kappa shape index (κ3) is 2.20. The third-order valence-electron chi connectivity index (χ3n) is 3.26. The number of halogens is 2. The maximum absolute atomic E-state index is 14.2. The molecule has 11 heteroatoms. The van der Waals surface area contributed by atoms with E-state index in [-0.39, 0.29) is 12.2 Å². The predicted octanol–water partition coefficient (Wildman–Crippen LogP) is 0.767. The lowest BCUT2D eigenvalue weighted by Crippen LogP contribution is -2.45. The van der Waals surface area contributed by atoms with E-state index in [1.54, 1.807) is 0 Å². The number of aliphatic hydroxyl groups is 1. The predicted molar refractivity (Wildman–Crippen MR) is 66.2 cm³/mol. The summed E-state index contributed by atoms with van der Waals surface area (Å²) in [7, 11) is 0. The quantitative estimate of drug-likeness (QED) is 0.482. The van der Waals surface area contributed by atoms with Crippen molar-refractivity contribution in [2.24, 2.45) is 5.11 Å². The normalized spacial score (nSPS) is 30.9. The SMILES string of the molecule is CC[C@@]1(N=[N+]=[N-])O[C@@H](n2ccc(N)nc2=O)C(F)(F)[C@@H]1O. The van der Waals surface area contributed by atoms with Gasteiger partial charge in [0, 0.05) is 11.1 Å². The molecule has 1 fully saturated rings. The van der Waals surface area contributed by atoms with Crippen LogP contribution in [0.25, 0.3) is 10.4 Å². The lowest BCUT2D eigenvalue weighted by atomic mass is 10.0. The van der Waals surface area contributed by atoms with E-state index in [0.29, 0.717) is 4.57 Å². The van der Waals surface area contributed by atoms with Gasteiger partial charge in [-0.05, 0) is 18.0 Å². The minimum Gasteiger partial charge on any atom is -0.383 e. The molecule has 114 valence electrons. The molecule has 9 nitrogen and oxygen atoms in total. The van der Waals surface area contributed by atoms with Crippen LogP contribution in [0.1, 0.15) is 19.6 Å². The van der Waals surface area contributed by atoms with Gasteiger partial charge in [-0.2, -0.15) is 13.8 Å². The topological polar surface area (TPSA) is 139 Å². The minimum atomic E-state index is -3.86. The number of anilines is 1. The highest BCUT2D eigenvalue weighted by atomic mass is 19.3. The zero-order valence-corrected chi connectivity index (χ0v) is 10.8. The first-order chi connectivity index (χ1) is 9.78. The highest BCUT2D eigenvalue weighted by molar-refractivity contribution is 5.24. The molecule has 0 aromatic carbocycles. The molecule has 0 amide bonds. The fourth-order valence-electron chi connectivity index (χ4n) is 2.12. The van der Waals surface area contributed by atoms with Crippen molar-refractivity contribution in [2.45, 2.75) is 37.3 Å². The van der Waals surface area contributed by atoms with Crippen LogP contribution in [0.2, 0.25) is 0 Å². The lowest BCUT2D eigenvalue weighted by Gasteiger charge is -2.24. The number of nitrogen functional groups attached to an aromatic ring is 1. The van der Waals surface area contributed by atoms with Crippen molar-refractivity contribution >= 4 is 5.82 Å². The van der Waals surface area contributed by atoms with E-state index in [2.05, 4.69) is 15.0 Å². The van der Waals surface area contributed by atoms with E-state index >= 15 is 0 Å². The Balaban J connectivity index is 2.55. The number of rotatable bonds is 3. The fourth-order valence-corrected chi connectivity index (χ4v) is 2.12. The van der Waals surface area contributed by atoms with Crippen LogP contribution in [0.5, 0.6) is 0 Å². The van der Waals surface area contributed by atoms with Crippen molar-refractivity contribution in [1.29, 1.82) is 0 Å². The molecule has 3 N–H and O–H groups in total. The van der Waals surface area contributed by atoms with E-state index in [4.69, 9.17) is 16.0 Å². The molecule has 0 radical (unpaired) electrons. The van der Waals surface area contributed by atoms with Crippen LogP contribution in [0.4, 0.5) is 14.6 Å². The van der Waals surface area contributed by atoms with Gasteiger partial charge in [0.2, 0.25) is 6.23 Å². The van der Waals surface area contributed by atoms with Gasteiger partial charge < -0.3 is 15.6 Å². The summed E-state index contributed by atoms with van der Waals surface area (Å²) >= 11 is 0. The van der Waals surface area contributed by atoms with Crippen LogP contribution < -0.4 is 11.4 Å². The molecule has 2 heterocycles. The summed E-state index contributed by atoms with van der Waals surface area (Å²) in [5.41, 5.74) is 10.5. The zero-order chi connectivity index (χ0) is 15.8. The van der Waals surface area contributed by atoms with Crippen molar-refractivity contribution in [3.8, 4) is 0 Å². The minimum absolute atomic E-state index is 0.144. The number of azide groups is 1. The first kappa shape index (κ1) is 15.2. The monoisotopic (exact) mass is 302 g/mol. The van der Waals surface area contributed by atoms with Gasteiger partial charge in [0.15, 0.2) is 11.8 Å². The molecule has 0 aliphatic carbocycles. The number of aromatic nitrogens is 2. The third-order valence-corrected chi connectivity index (χ3v) is 3.26. The Morgan fingerprint density at radius 1 is 1.71 bits per heavy atom. The standard InChI is InChI=1S/C10H12F2N6O3/c1-2-9(16-17-14)6(19)10(11,12)7(21-9)18-4-3-5(13)15-8(18)20/h3-4,6-7,19H,2H2,1H3,(H2,13,15,20)/t6-,7-,9-/m1/s1. The largest absolute Gasteiger partial charge is 0.383 e. The van der Waals surface area contributed by atoms with E-state index in [9.17, 15) is 18.7 Å². The van der Waals surface area contributed by atoms with E-state index in [1.165, 1.54) is 6.92 Å². The smallest absolute Gasteiger partial charge is 0.351 e. The molecule has 1 aliphatic heterocycles. The van der Waals surface area contributed by atoms with Gasteiger partial charge >= 0.3 is 11.6 Å². The van der Waals surface area contributed by atoms with E-state index in [1.807, 2.05) is 0 Å². The van der Waals surface area contributed by atoms with Crippen molar-refractivity contribution in [3.05, 3.63) is 33.2 Å². The first-order valence-corrected chi connectivity index (χ1v) is 5.93. The Morgan fingerprint density at radius 2 is 2.38 bits per heavy atom. The molecule has 0 saturated carbocycles. The second kappa shape index (κ2) is 4.95. The molecule has 0 bridgehead atoms. The summed E-state index contributed by atoms with van der Waals surface area (Å²) in [6, 6.07) is 1.13. The molecule has 1 saturated heterocycles. The van der Waals surface area contributed by atoms with Gasteiger partial charge in [0.25, 0.3) is 0 Å². The van der Waals surface area contributed by atoms with Gasteiger partial charge in [0.05, 0.1) is 0 Å². The van der Waals surface area contributed by atoms with Crippen molar-refractivity contribution in [2.75, 3.05) is 5.73 Å². The van der Waals surface area contributed by atoms with Crippen molar-refractivity contribution in [1.82, 2.24) is 9.55 Å². The Morgan fingerprint density at radius 3 is 2.90 bits per heavy atom. The summed E-state index contributed by atoms with van der Waals surface area (Å²) in [6.07, 6.45) is -3.79. The fraction of sp³-hybridized carbons (Fsp3) is 0.600. The second-order valence-corrected chi connectivity index (χ2v) is 4.48. The van der Waals surface area contributed by atoms with Crippen LogP contribution in [-0.4, -0.2) is 32.4 Å². The molecule has 1 aromatic rings. The average molecular weight is 302 g/mol. The van der Waals surface area contributed by atoms with Crippen molar-refractivity contribution in [3.63, 3.8) is 0 Å². The maximum atomic E-state index is 14.2. The number of alkyl halides is 2. The molecule has 0 unspecified atom stereocenters. The number of hydrogen-bond donors (Lipinski definition) is 2. The van der Waals surface area contributed by atoms with Crippen LogP contribution in [0.3, 0.4) is 0 Å². The van der Waals surface area contributed by atoms with Crippen LogP contribution >= 0.6 is 0 Å². The van der Waals surface area contributed by atoms with Crippen LogP contribution in [0.15, 0.2) is 22.2 Å². The van der Waals surface area contributed by atoms with Crippen LogP contribution in [0, 0.1) is 0 Å². The maximum Gasteiger partial charge on any atom is 0.351 e. The van der Waals surface area contributed by atoms with Crippen molar-refractivity contribution < 1.29 is 18.6 Å². The van der Waals surface area contributed by atoms with Gasteiger partial charge in [0.1, 0.15) is 5.82 Å². The summed E-state index contributed by atoms with van der Waals surface area (Å²) in [5, 5.41) is 12.9. The molecule has 0 spiro atoms. The number of aliphatic hydroxyl groups excluding tert-OH is 1. The Labute approximate surface area is 116 Å². The van der Waals surface area contributed by atoms with Gasteiger partial charge in [-0.25, -0.2) is 4.79 Å². The molecule has 1 aromatic heterocycles. The highest BCUT2D eigenvalue weighted by Crippen LogP contribution is 2.49. The van der Waals surface area contributed by atoms with E-state index < -0.39 is 29.7 Å². The molecule has 1 aliphatic rings. The summed E-state index contributed by atoms with van der Waals surface area (Å²) < 4.78 is 33.9. The molecule has 21 heavy (non-hydrogen) atoms. The molecule has 3 atom stereocenters. The van der Waals surface area contributed by atoms with Crippen LogP contribution in [-0.2, 0) is 4.74 Å². The van der Waals surface area contributed by atoms with Gasteiger partial charge in [-0.15, -0.1) is 0 Å².